The highest BCUT2D eigenvalue weighted by Gasteiger charge is 2.23. The molecule has 0 radical (unpaired) electrons. The maximum Gasteiger partial charge on any atom is 0.122 e. The highest BCUT2D eigenvalue weighted by molar-refractivity contribution is 5.41. The molecule has 2 atom stereocenters. The second-order valence-electron chi connectivity index (χ2n) is 7.24. The monoisotopic (exact) mass is 354 g/mol. The van der Waals surface area contributed by atoms with Gasteiger partial charge in [0.1, 0.15) is 24.2 Å². The molecule has 0 amide bonds. The summed E-state index contributed by atoms with van der Waals surface area (Å²) in [7, 11) is 0. The summed E-state index contributed by atoms with van der Waals surface area (Å²) in [5.74, 6) is 1.92. The molecule has 4 nitrogen and oxygen atoms in total. The molecule has 0 N–H and O–H groups in total. The molecule has 138 valence electrons. The lowest BCUT2D eigenvalue weighted by molar-refractivity contribution is 0.261. The van der Waals surface area contributed by atoms with Crippen molar-refractivity contribution in [3.8, 4) is 11.5 Å². The van der Waals surface area contributed by atoms with Crippen molar-refractivity contribution < 1.29 is 18.9 Å². The molecule has 2 fully saturated rings. The molecule has 0 saturated carbocycles. The van der Waals surface area contributed by atoms with Crippen molar-refractivity contribution in [2.75, 3.05) is 26.4 Å². The maximum absolute atomic E-state index is 5.87. The average Bonchev–Trinajstić information content (AvgIpc) is 3.51. The van der Waals surface area contributed by atoms with E-state index in [4.69, 9.17) is 18.9 Å². The predicted molar refractivity (Wildman–Crippen MR) is 100 cm³/mol. The number of aryl methyl sites for hydroxylation is 2. The smallest absolute Gasteiger partial charge is 0.122 e. The Morgan fingerprint density at radius 2 is 1.42 bits per heavy atom. The van der Waals surface area contributed by atoms with Crippen LogP contribution in [-0.4, -0.2) is 38.6 Å². The molecule has 2 aliphatic heterocycles. The summed E-state index contributed by atoms with van der Waals surface area (Å²) in [5, 5.41) is 0. The number of benzene rings is 2. The van der Waals surface area contributed by atoms with Crippen LogP contribution in [0.15, 0.2) is 36.4 Å². The molecule has 4 rings (SSSR count). The van der Waals surface area contributed by atoms with E-state index >= 15 is 0 Å². The molecule has 2 unspecified atom stereocenters. The van der Waals surface area contributed by atoms with Crippen LogP contribution in [0.25, 0.3) is 0 Å². The Labute approximate surface area is 155 Å². The van der Waals surface area contributed by atoms with Crippen LogP contribution in [0.4, 0.5) is 0 Å². The van der Waals surface area contributed by atoms with E-state index in [-0.39, 0.29) is 6.10 Å². The van der Waals surface area contributed by atoms with Crippen molar-refractivity contribution in [1.29, 1.82) is 0 Å². The fraction of sp³-hybridized carbons (Fsp3) is 0.455. The van der Waals surface area contributed by atoms with Crippen LogP contribution in [0.2, 0.25) is 0 Å². The highest BCUT2D eigenvalue weighted by atomic mass is 16.6. The first kappa shape index (κ1) is 17.4. The normalized spacial score (nSPS) is 20.7. The van der Waals surface area contributed by atoms with E-state index in [1.165, 1.54) is 22.3 Å². The summed E-state index contributed by atoms with van der Waals surface area (Å²) in [4.78, 5) is 0. The Bertz CT molecular complexity index is 763. The predicted octanol–water partition coefficient (Wildman–Crippen LogP) is 3.84. The van der Waals surface area contributed by atoms with E-state index in [2.05, 4.69) is 50.2 Å². The first-order valence-electron chi connectivity index (χ1n) is 9.35. The van der Waals surface area contributed by atoms with Gasteiger partial charge in [-0.15, -0.1) is 0 Å². The van der Waals surface area contributed by atoms with Gasteiger partial charge < -0.3 is 18.9 Å². The third-order valence-corrected chi connectivity index (χ3v) is 4.81. The number of rotatable bonds is 9. The lowest BCUT2D eigenvalue weighted by atomic mass is 10.0. The van der Waals surface area contributed by atoms with Gasteiger partial charge in [-0.1, -0.05) is 24.3 Å². The Morgan fingerprint density at radius 1 is 0.846 bits per heavy atom. The lowest BCUT2D eigenvalue weighted by Crippen LogP contribution is -2.05. The van der Waals surface area contributed by atoms with Gasteiger partial charge in [0.15, 0.2) is 0 Å². The molecule has 0 aromatic heterocycles. The van der Waals surface area contributed by atoms with E-state index in [9.17, 15) is 0 Å². The first-order chi connectivity index (χ1) is 12.7. The van der Waals surface area contributed by atoms with Gasteiger partial charge in [-0.3, -0.25) is 0 Å². The van der Waals surface area contributed by atoms with Crippen LogP contribution in [0.1, 0.15) is 28.7 Å². The highest BCUT2D eigenvalue weighted by Crippen LogP contribution is 2.25. The van der Waals surface area contributed by atoms with Crippen molar-refractivity contribution in [3.05, 3.63) is 58.7 Å². The zero-order chi connectivity index (χ0) is 17.9. The molecule has 2 saturated heterocycles. The van der Waals surface area contributed by atoms with Gasteiger partial charge in [-0.05, 0) is 54.7 Å². The second-order valence-corrected chi connectivity index (χ2v) is 7.24. The molecule has 0 spiro atoms. The average molecular weight is 354 g/mol. The van der Waals surface area contributed by atoms with Crippen molar-refractivity contribution >= 4 is 0 Å². The van der Waals surface area contributed by atoms with Crippen LogP contribution in [0.3, 0.4) is 0 Å². The van der Waals surface area contributed by atoms with Crippen molar-refractivity contribution in [3.63, 3.8) is 0 Å². The number of epoxide rings is 2. The number of hydrogen-bond donors (Lipinski definition) is 0. The topological polar surface area (TPSA) is 43.5 Å². The van der Waals surface area contributed by atoms with Crippen molar-refractivity contribution in [2.45, 2.75) is 38.9 Å². The van der Waals surface area contributed by atoms with Gasteiger partial charge in [0.05, 0.1) is 25.9 Å². The van der Waals surface area contributed by atoms with Gasteiger partial charge in [0.2, 0.25) is 0 Å². The zero-order valence-electron chi connectivity index (χ0n) is 15.5. The van der Waals surface area contributed by atoms with Crippen LogP contribution in [0.5, 0.6) is 11.5 Å². The third kappa shape index (κ3) is 4.77. The minimum Gasteiger partial charge on any atom is -0.493 e. The summed E-state index contributed by atoms with van der Waals surface area (Å²) in [5.41, 5.74) is 4.93. The Morgan fingerprint density at radius 3 is 1.96 bits per heavy atom. The molecule has 26 heavy (non-hydrogen) atoms. The fourth-order valence-corrected chi connectivity index (χ4v) is 3.08. The summed E-state index contributed by atoms with van der Waals surface area (Å²) >= 11 is 0. The van der Waals surface area contributed by atoms with Gasteiger partial charge in [-0.2, -0.15) is 0 Å². The van der Waals surface area contributed by atoms with E-state index < -0.39 is 0 Å². The Hall–Kier alpha value is -2.04. The van der Waals surface area contributed by atoms with Crippen molar-refractivity contribution in [1.82, 2.24) is 0 Å². The van der Waals surface area contributed by atoms with Gasteiger partial charge in [0.25, 0.3) is 0 Å². The molecule has 4 heteroatoms. The van der Waals surface area contributed by atoms with E-state index in [0.29, 0.717) is 12.7 Å². The first-order valence-corrected chi connectivity index (χ1v) is 9.35. The molecule has 2 aromatic carbocycles. The molecule has 0 aliphatic carbocycles. The van der Waals surface area contributed by atoms with Gasteiger partial charge >= 0.3 is 0 Å². The number of hydrogen-bond acceptors (Lipinski definition) is 4. The summed E-state index contributed by atoms with van der Waals surface area (Å²) in [6, 6.07) is 12.9. The summed E-state index contributed by atoms with van der Waals surface area (Å²) in [6.07, 6.45) is 2.59. The molecule has 2 aliphatic rings. The molecular weight excluding hydrogens is 328 g/mol. The van der Waals surface area contributed by atoms with E-state index in [1.807, 2.05) is 0 Å². The number of ether oxygens (including phenoxy) is 4. The van der Waals surface area contributed by atoms with Crippen LogP contribution >= 0.6 is 0 Å². The van der Waals surface area contributed by atoms with Crippen LogP contribution in [0, 0.1) is 13.8 Å². The molecule has 0 bridgehead atoms. The standard InChI is InChI=1S/C22H26O4/c1-15-9-17(3-5-21(15)23-8-7-19-12-24-19)11-18-4-6-22(16(2)10-18)26-14-20-13-25-20/h3-6,9-10,19-20H,7-8,11-14H2,1-2H3. The van der Waals surface area contributed by atoms with Crippen LogP contribution in [-0.2, 0) is 15.9 Å². The Kier molecular flexibility index (Phi) is 5.14. The minimum atomic E-state index is 0.287. The SMILES string of the molecule is Cc1cc(Cc2ccc(OCC3CO3)c(C)c2)ccc1OCCC1CO1. The molecular formula is C22H26O4. The largest absolute Gasteiger partial charge is 0.493 e. The lowest BCUT2D eigenvalue weighted by Gasteiger charge is -2.12. The van der Waals surface area contributed by atoms with Crippen LogP contribution < -0.4 is 9.47 Å². The fourth-order valence-electron chi connectivity index (χ4n) is 3.08. The van der Waals surface area contributed by atoms with E-state index in [1.54, 1.807) is 0 Å². The van der Waals surface area contributed by atoms with Crippen molar-refractivity contribution in [2.24, 2.45) is 0 Å². The summed E-state index contributed by atoms with van der Waals surface area (Å²) in [6.45, 7) is 7.28. The minimum absolute atomic E-state index is 0.287. The second kappa shape index (κ2) is 7.68. The van der Waals surface area contributed by atoms with Gasteiger partial charge in [-0.25, -0.2) is 0 Å². The summed E-state index contributed by atoms with van der Waals surface area (Å²) < 4.78 is 22.1. The molecule has 2 aromatic rings. The quantitative estimate of drug-likeness (QED) is 0.642. The Balaban J connectivity index is 1.34. The molecule has 2 heterocycles. The zero-order valence-corrected chi connectivity index (χ0v) is 15.5. The van der Waals surface area contributed by atoms with Gasteiger partial charge in [0, 0.05) is 6.42 Å². The van der Waals surface area contributed by atoms with E-state index in [0.717, 1.165) is 44.2 Å². The third-order valence-electron chi connectivity index (χ3n) is 4.81. The maximum atomic E-state index is 5.87.